The second-order valence-corrected chi connectivity index (χ2v) is 10.7. The van der Waals surface area contributed by atoms with Gasteiger partial charge in [-0.05, 0) is 47.8 Å². The Morgan fingerprint density at radius 3 is 2.39 bits per heavy atom. The standard InChI is InChI=1S/C26H25N3O5S2/c1-3-29(4-2)36(32,33)19-13-11-18(12-14-19)27-25(30)17-34-26(31)21-16-23(24-10-7-15-35-24)28-22-9-6-5-8-20(21)22/h5-16H,3-4,17H2,1-2H3,(H,27,30). The molecule has 0 spiro atoms. The summed E-state index contributed by atoms with van der Waals surface area (Å²) in [5, 5.41) is 5.18. The van der Waals surface area contributed by atoms with Gasteiger partial charge in [-0.15, -0.1) is 11.3 Å². The third kappa shape index (κ3) is 5.46. The van der Waals surface area contributed by atoms with Crippen LogP contribution >= 0.6 is 11.3 Å². The van der Waals surface area contributed by atoms with E-state index in [9.17, 15) is 18.0 Å². The Kier molecular flexibility index (Phi) is 7.78. The topological polar surface area (TPSA) is 106 Å². The van der Waals surface area contributed by atoms with Crippen molar-refractivity contribution in [3.05, 3.63) is 77.7 Å². The van der Waals surface area contributed by atoms with Gasteiger partial charge in [0.1, 0.15) is 0 Å². The second-order valence-electron chi connectivity index (χ2n) is 7.79. The highest BCUT2D eigenvalue weighted by atomic mass is 32.2. The predicted molar refractivity (Wildman–Crippen MR) is 141 cm³/mol. The average Bonchev–Trinajstić information content (AvgIpc) is 3.43. The number of nitrogens with zero attached hydrogens (tertiary/aromatic N) is 2. The fraction of sp³-hybridized carbons (Fsp3) is 0.192. The first-order valence-corrected chi connectivity index (χ1v) is 13.7. The number of fused-ring (bicyclic) bond motifs is 1. The van der Waals surface area contributed by atoms with Crippen LogP contribution in [0.2, 0.25) is 0 Å². The third-order valence-electron chi connectivity index (χ3n) is 5.53. The minimum Gasteiger partial charge on any atom is -0.452 e. The number of carbonyl (C=O) groups excluding carboxylic acids is 2. The molecule has 0 radical (unpaired) electrons. The summed E-state index contributed by atoms with van der Waals surface area (Å²) in [5.41, 5.74) is 2.02. The van der Waals surface area contributed by atoms with Crippen LogP contribution in [0.1, 0.15) is 24.2 Å². The Bertz CT molecular complexity index is 1480. The molecule has 0 unspecified atom stereocenters. The first-order valence-electron chi connectivity index (χ1n) is 11.3. The molecule has 4 aromatic rings. The molecule has 0 fully saturated rings. The van der Waals surface area contributed by atoms with Gasteiger partial charge in [-0.3, -0.25) is 4.79 Å². The Balaban J connectivity index is 1.44. The van der Waals surface area contributed by atoms with E-state index in [1.165, 1.54) is 39.9 Å². The van der Waals surface area contributed by atoms with Crippen molar-refractivity contribution < 1.29 is 22.7 Å². The van der Waals surface area contributed by atoms with Crippen LogP contribution in [-0.2, 0) is 19.6 Å². The monoisotopic (exact) mass is 523 g/mol. The maximum atomic E-state index is 12.9. The first-order chi connectivity index (χ1) is 17.3. The van der Waals surface area contributed by atoms with E-state index in [4.69, 9.17) is 4.74 Å². The number of hydrogen-bond donors (Lipinski definition) is 1. The van der Waals surface area contributed by atoms with Crippen LogP contribution in [-0.4, -0.2) is 49.3 Å². The highest BCUT2D eigenvalue weighted by Gasteiger charge is 2.21. The van der Waals surface area contributed by atoms with Gasteiger partial charge in [-0.1, -0.05) is 38.1 Å². The van der Waals surface area contributed by atoms with Crippen molar-refractivity contribution in [2.24, 2.45) is 0 Å². The molecule has 186 valence electrons. The molecule has 1 amide bonds. The molecule has 0 aliphatic rings. The summed E-state index contributed by atoms with van der Waals surface area (Å²) in [7, 11) is -3.59. The zero-order valence-electron chi connectivity index (χ0n) is 19.8. The van der Waals surface area contributed by atoms with Crippen LogP contribution in [0.15, 0.2) is 77.0 Å². The molecular formula is C26H25N3O5S2. The number of rotatable bonds is 9. The molecule has 2 aromatic carbocycles. The van der Waals surface area contributed by atoms with Gasteiger partial charge in [0.2, 0.25) is 10.0 Å². The minimum atomic E-state index is -3.59. The number of sulfonamides is 1. The SMILES string of the molecule is CCN(CC)S(=O)(=O)c1ccc(NC(=O)COC(=O)c2cc(-c3cccs3)nc3ccccc23)cc1. The number of pyridine rings is 1. The van der Waals surface area contributed by atoms with E-state index in [2.05, 4.69) is 10.3 Å². The number of anilines is 1. The number of nitrogens with one attached hydrogen (secondary N) is 1. The third-order valence-corrected chi connectivity index (χ3v) is 8.48. The molecule has 2 heterocycles. The Morgan fingerprint density at radius 1 is 1.00 bits per heavy atom. The van der Waals surface area contributed by atoms with Crippen molar-refractivity contribution >= 4 is 49.8 Å². The van der Waals surface area contributed by atoms with E-state index in [1.807, 2.05) is 35.7 Å². The van der Waals surface area contributed by atoms with Gasteiger partial charge >= 0.3 is 5.97 Å². The van der Waals surface area contributed by atoms with Crippen molar-refractivity contribution in [1.29, 1.82) is 0 Å². The van der Waals surface area contributed by atoms with Crippen LogP contribution in [0, 0.1) is 0 Å². The van der Waals surface area contributed by atoms with E-state index < -0.39 is 28.5 Å². The highest BCUT2D eigenvalue weighted by molar-refractivity contribution is 7.89. The second kappa shape index (κ2) is 11.0. The molecule has 0 aliphatic heterocycles. The lowest BCUT2D eigenvalue weighted by Gasteiger charge is -2.18. The van der Waals surface area contributed by atoms with Gasteiger partial charge in [0.25, 0.3) is 5.91 Å². The lowest BCUT2D eigenvalue weighted by molar-refractivity contribution is -0.119. The molecule has 0 saturated carbocycles. The van der Waals surface area contributed by atoms with Crippen molar-refractivity contribution in [2.75, 3.05) is 25.0 Å². The smallest absolute Gasteiger partial charge is 0.339 e. The van der Waals surface area contributed by atoms with E-state index in [0.717, 1.165) is 4.88 Å². The summed E-state index contributed by atoms with van der Waals surface area (Å²) in [5.74, 6) is -1.18. The van der Waals surface area contributed by atoms with Gasteiger partial charge in [0.15, 0.2) is 6.61 Å². The number of benzene rings is 2. The summed E-state index contributed by atoms with van der Waals surface area (Å²) >= 11 is 1.51. The number of thiophene rings is 1. The number of amides is 1. The summed E-state index contributed by atoms with van der Waals surface area (Å²) < 4.78 is 31.9. The first kappa shape index (κ1) is 25.5. The lowest BCUT2D eigenvalue weighted by atomic mass is 10.1. The van der Waals surface area contributed by atoms with E-state index >= 15 is 0 Å². The summed E-state index contributed by atoms with van der Waals surface area (Å²) in [6, 6.07) is 18.6. The number of carbonyl (C=O) groups is 2. The molecule has 8 nitrogen and oxygen atoms in total. The van der Waals surface area contributed by atoms with Crippen molar-refractivity contribution in [1.82, 2.24) is 9.29 Å². The van der Waals surface area contributed by atoms with Gasteiger partial charge in [0, 0.05) is 24.2 Å². The van der Waals surface area contributed by atoms with Crippen molar-refractivity contribution in [3.63, 3.8) is 0 Å². The van der Waals surface area contributed by atoms with Gasteiger partial charge in [-0.25, -0.2) is 18.2 Å². The Morgan fingerprint density at radius 2 is 1.72 bits per heavy atom. The molecule has 36 heavy (non-hydrogen) atoms. The van der Waals surface area contributed by atoms with E-state index in [1.54, 1.807) is 26.0 Å². The van der Waals surface area contributed by atoms with Crippen LogP contribution in [0.5, 0.6) is 0 Å². The lowest BCUT2D eigenvalue weighted by Crippen LogP contribution is -2.30. The van der Waals surface area contributed by atoms with E-state index in [0.29, 0.717) is 40.9 Å². The fourth-order valence-corrected chi connectivity index (χ4v) is 5.87. The number of hydrogen-bond acceptors (Lipinski definition) is 7. The number of esters is 1. The summed E-state index contributed by atoms with van der Waals surface area (Å²) in [4.78, 5) is 31.0. The van der Waals surface area contributed by atoms with Crippen LogP contribution in [0.25, 0.3) is 21.5 Å². The largest absolute Gasteiger partial charge is 0.452 e. The molecule has 0 saturated heterocycles. The summed E-state index contributed by atoms with van der Waals surface area (Å²) in [6.45, 7) is 3.78. The molecule has 10 heteroatoms. The van der Waals surface area contributed by atoms with Crippen molar-refractivity contribution in [2.45, 2.75) is 18.7 Å². The van der Waals surface area contributed by atoms with E-state index in [-0.39, 0.29) is 4.90 Å². The molecule has 4 rings (SSSR count). The molecule has 1 N–H and O–H groups in total. The quantitative estimate of drug-likeness (QED) is 0.316. The minimum absolute atomic E-state index is 0.140. The zero-order chi connectivity index (χ0) is 25.7. The van der Waals surface area contributed by atoms with Crippen LogP contribution in [0.3, 0.4) is 0 Å². The van der Waals surface area contributed by atoms with Gasteiger partial charge in [-0.2, -0.15) is 4.31 Å². The zero-order valence-corrected chi connectivity index (χ0v) is 21.4. The normalized spacial score (nSPS) is 11.5. The molecule has 0 atom stereocenters. The average molecular weight is 524 g/mol. The molecule has 0 bridgehead atoms. The van der Waals surface area contributed by atoms with Crippen molar-refractivity contribution in [3.8, 4) is 10.6 Å². The molecular weight excluding hydrogens is 498 g/mol. The van der Waals surface area contributed by atoms with Gasteiger partial charge < -0.3 is 10.1 Å². The van der Waals surface area contributed by atoms with Gasteiger partial charge in [0.05, 0.1) is 26.5 Å². The number of aromatic nitrogens is 1. The predicted octanol–water partition coefficient (Wildman–Crippen LogP) is 4.79. The maximum absolute atomic E-state index is 12.9. The Labute approximate surface area is 213 Å². The summed E-state index contributed by atoms with van der Waals surface area (Å²) in [6.07, 6.45) is 0. The molecule has 2 aromatic heterocycles. The number of para-hydroxylation sites is 1. The van der Waals surface area contributed by atoms with Crippen LogP contribution in [0.4, 0.5) is 5.69 Å². The highest BCUT2D eigenvalue weighted by Crippen LogP contribution is 2.28. The maximum Gasteiger partial charge on any atom is 0.339 e. The fourth-order valence-electron chi connectivity index (χ4n) is 3.72. The Hall–Kier alpha value is -3.60. The number of ether oxygens (including phenoxy) is 1. The van der Waals surface area contributed by atoms with Crippen LogP contribution < -0.4 is 5.32 Å². The molecule has 0 aliphatic carbocycles.